The van der Waals surface area contributed by atoms with Gasteiger partial charge in [0.25, 0.3) is 0 Å². The van der Waals surface area contributed by atoms with Crippen molar-refractivity contribution in [2.75, 3.05) is 0 Å². The van der Waals surface area contributed by atoms with Gasteiger partial charge in [-0.25, -0.2) is 9.97 Å². The summed E-state index contributed by atoms with van der Waals surface area (Å²) < 4.78 is 0. The summed E-state index contributed by atoms with van der Waals surface area (Å²) in [5.41, 5.74) is 1.59. The summed E-state index contributed by atoms with van der Waals surface area (Å²) in [6, 6.07) is 12.2. The van der Waals surface area contributed by atoms with Gasteiger partial charge in [0, 0.05) is 5.41 Å². The van der Waals surface area contributed by atoms with Crippen molar-refractivity contribution < 1.29 is 9.90 Å². The van der Waals surface area contributed by atoms with E-state index in [1.807, 2.05) is 24.3 Å². The first-order valence-corrected chi connectivity index (χ1v) is 8.76. The summed E-state index contributed by atoms with van der Waals surface area (Å²) in [6.07, 6.45) is 1.47. The van der Waals surface area contributed by atoms with E-state index in [1.54, 1.807) is 0 Å². The van der Waals surface area contributed by atoms with Gasteiger partial charge in [0.15, 0.2) is 0 Å². The molecule has 1 heterocycles. The highest BCUT2D eigenvalue weighted by atomic mass is 16.4. The van der Waals surface area contributed by atoms with Crippen molar-refractivity contribution in [2.24, 2.45) is 5.41 Å². The first kappa shape index (κ1) is 14.8. The highest BCUT2D eigenvalue weighted by Gasteiger charge is 2.73. The van der Waals surface area contributed by atoms with Crippen LogP contribution < -0.4 is 0 Å². The first-order chi connectivity index (χ1) is 11.8. The highest BCUT2D eigenvalue weighted by molar-refractivity contribution is 5.96. The number of carbonyl (C=O) groups is 1. The van der Waals surface area contributed by atoms with Gasteiger partial charge in [0.1, 0.15) is 5.41 Å². The second kappa shape index (κ2) is 4.18. The molecule has 3 aromatic rings. The summed E-state index contributed by atoms with van der Waals surface area (Å²) in [5, 5.41) is 12.4. The number of nitrogens with zero attached hydrogens (tertiary/aromatic N) is 2. The van der Waals surface area contributed by atoms with Crippen LogP contribution in [0.5, 0.6) is 0 Å². The average molecular weight is 332 g/mol. The number of aromatic nitrogens is 2. The zero-order valence-electron chi connectivity index (χ0n) is 14.6. The molecule has 1 fully saturated rings. The molecule has 1 saturated carbocycles. The number of carboxylic acids is 1. The molecule has 1 N–H and O–H groups in total. The molecule has 2 bridgehead atoms. The summed E-state index contributed by atoms with van der Waals surface area (Å²) in [5.74, 6) is -0.769. The van der Waals surface area contributed by atoms with E-state index in [-0.39, 0.29) is 5.41 Å². The maximum atomic E-state index is 12.4. The Morgan fingerprint density at radius 1 is 0.960 bits per heavy atom. The van der Waals surface area contributed by atoms with Crippen molar-refractivity contribution in [3.05, 3.63) is 47.8 Å². The number of aliphatic carboxylic acids is 1. The molecule has 4 heteroatoms. The molecule has 4 nitrogen and oxygen atoms in total. The van der Waals surface area contributed by atoms with Crippen molar-refractivity contribution >= 4 is 27.8 Å². The van der Waals surface area contributed by atoms with Gasteiger partial charge in [-0.1, -0.05) is 45.0 Å². The van der Waals surface area contributed by atoms with Gasteiger partial charge >= 0.3 is 5.97 Å². The van der Waals surface area contributed by atoms with Crippen LogP contribution in [0.2, 0.25) is 0 Å². The summed E-state index contributed by atoms with van der Waals surface area (Å²) in [4.78, 5) is 22.2. The van der Waals surface area contributed by atoms with E-state index >= 15 is 0 Å². The number of rotatable bonds is 1. The minimum Gasteiger partial charge on any atom is -0.481 e. The van der Waals surface area contributed by atoms with E-state index in [9.17, 15) is 9.90 Å². The Hall–Kier alpha value is -2.49. The Morgan fingerprint density at radius 2 is 1.52 bits per heavy atom. The van der Waals surface area contributed by atoms with Crippen LogP contribution in [0.15, 0.2) is 36.4 Å². The smallest absolute Gasteiger partial charge is 0.316 e. The number of hydrogen-bond acceptors (Lipinski definition) is 3. The van der Waals surface area contributed by atoms with E-state index in [2.05, 4.69) is 32.9 Å². The van der Waals surface area contributed by atoms with Gasteiger partial charge < -0.3 is 5.11 Å². The second-order valence-corrected chi connectivity index (χ2v) is 8.28. The number of carboxylic acid groups (broad SMARTS) is 1. The summed E-state index contributed by atoms with van der Waals surface area (Å²) in [6.45, 7) is 6.29. The normalized spacial score (nSPS) is 29.2. The molecule has 2 aliphatic carbocycles. The van der Waals surface area contributed by atoms with Gasteiger partial charge in [0.2, 0.25) is 0 Å². The van der Waals surface area contributed by atoms with Crippen LogP contribution in [-0.2, 0) is 15.6 Å². The van der Waals surface area contributed by atoms with Crippen molar-refractivity contribution in [1.29, 1.82) is 0 Å². The molecular weight excluding hydrogens is 312 g/mol. The summed E-state index contributed by atoms with van der Waals surface area (Å²) >= 11 is 0. The van der Waals surface area contributed by atoms with Crippen molar-refractivity contribution in [3.8, 4) is 0 Å². The third-order valence-electron chi connectivity index (χ3n) is 7.27. The number of fused-ring (bicyclic) bond motifs is 7. The van der Waals surface area contributed by atoms with E-state index in [0.29, 0.717) is 12.1 Å². The fraction of sp³-hybridized carbons (Fsp3) is 0.381. The Labute approximate surface area is 145 Å². The Morgan fingerprint density at radius 3 is 2.08 bits per heavy atom. The molecule has 126 valence electrons. The Kier molecular flexibility index (Phi) is 2.48. The largest absolute Gasteiger partial charge is 0.481 e. The lowest BCUT2D eigenvalue weighted by atomic mass is 9.64. The van der Waals surface area contributed by atoms with Gasteiger partial charge in [-0.05, 0) is 41.2 Å². The molecule has 25 heavy (non-hydrogen) atoms. The minimum absolute atomic E-state index is 0.256. The average Bonchev–Trinajstić information content (AvgIpc) is 2.87. The zero-order chi connectivity index (χ0) is 17.6. The van der Waals surface area contributed by atoms with Crippen LogP contribution in [-0.4, -0.2) is 21.0 Å². The third-order valence-corrected chi connectivity index (χ3v) is 7.27. The SMILES string of the molecule is CC1(C)[C@]2(C)CC[C@@]1(C(=O)O)c1nc3cc4ccccc4cc3nc12. The predicted molar refractivity (Wildman–Crippen MR) is 96.7 cm³/mol. The quantitative estimate of drug-likeness (QED) is 0.679. The van der Waals surface area contributed by atoms with Gasteiger partial charge in [-0.3, -0.25) is 4.79 Å². The van der Waals surface area contributed by atoms with Crippen LogP contribution in [0.4, 0.5) is 0 Å². The van der Waals surface area contributed by atoms with Crippen molar-refractivity contribution in [1.82, 2.24) is 9.97 Å². The third kappa shape index (κ3) is 1.44. The lowest BCUT2D eigenvalue weighted by Gasteiger charge is -2.37. The molecule has 2 aromatic carbocycles. The first-order valence-electron chi connectivity index (χ1n) is 8.76. The molecule has 0 aliphatic heterocycles. The monoisotopic (exact) mass is 332 g/mol. The molecular formula is C21H20N2O2. The van der Waals surface area contributed by atoms with Crippen LogP contribution in [0.1, 0.15) is 45.0 Å². The van der Waals surface area contributed by atoms with Gasteiger partial charge in [0.05, 0.1) is 22.4 Å². The molecule has 0 unspecified atom stereocenters. The molecule has 0 spiro atoms. The van der Waals surface area contributed by atoms with E-state index in [1.165, 1.54) is 0 Å². The minimum atomic E-state index is -0.941. The topological polar surface area (TPSA) is 63.1 Å². The van der Waals surface area contributed by atoms with Crippen LogP contribution in [0.3, 0.4) is 0 Å². The zero-order valence-corrected chi connectivity index (χ0v) is 14.6. The Balaban J connectivity index is 1.91. The fourth-order valence-corrected chi connectivity index (χ4v) is 5.26. The van der Waals surface area contributed by atoms with Crippen molar-refractivity contribution in [3.63, 3.8) is 0 Å². The fourth-order valence-electron chi connectivity index (χ4n) is 5.26. The van der Waals surface area contributed by atoms with Crippen molar-refractivity contribution in [2.45, 2.75) is 44.4 Å². The molecule has 0 saturated heterocycles. The second-order valence-electron chi connectivity index (χ2n) is 8.28. The standard InChI is InChI=1S/C21H20N2O2/c1-19(2)20(3)8-9-21(19,18(24)25)17-16(20)22-14-10-12-6-4-5-7-13(12)11-15(14)23-17/h4-7,10-11H,8-9H2,1-3H3,(H,24,25)/t20-,21+/m1/s1. The molecule has 1 aromatic heterocycles. The predicted octanol–water partition coefficient (Wildman–Crippen LogP) is 4.20. The lowest BCUT2D eigenvalue weighted by Crippen LogP contribution is -2.45. The van der Waals surface area contributed by atoms with Crippen LogP contribution in [0, 0.1) is 5.41 Å². The molecule has 0 radical (unpaired) electrons. The molecule has 2 aliphatic rings. The maximum absolute atomic E-state index is 12.4. The lowest BCUT2D eigenvalue weighted by molar-refractivity contribution is -0.148. The van der Waals surface area contributed by atoms with Gasteiger partial charge in [-0.15, -0.1) is 0 Å². The van der Waals surface area contributed by atoms with Crippen LogP contribution in [0.25, 0.3) is 21.8 Å². The molecule has 0 amide bonds. The molecule has 2 atom stereocenters. The van der Waals surface area contributed by atoms with Gasteiger partial charge in [-0.2, -0.15) is 0 Å². The number of hydrogen-bond donors (Lipinski definition) is 1. The number of benzene rings is 2. The maximum Gasteiger partial charge on any atom is 0.316 e. The Bertz CT molecular complexity index is 1090. The van der Waals surface area contributed by atoms with E-state index in [0.717, 1.165) is 33.9 Å². The molecule has 5 rings (SSSR count). The van der Waals surface area contributed by atoms with E-state index in [4.69, 9.17) is 9.97 Å². The van der Waals surface area contributed by atoms with Crippen LogP contribution >= 0.6 is 0 Å². The highest BCUT2D eigenvalue weighted by Crippen LogP contribution is 2.70. The van der Waals surface area contributed by atoms with E-state index < -0.39 is 16.8 Å². The summed E-state index contributed by atoms with van der Waals surface area (Å²) in [7, 11) is 0.